The van der Waals surface area contributed by atoms with Crippen molar-refractivity contribution < 1.29 is 8.84 Å². The maximum Gasteiger partial charge on any atom is 0.160 e. The van der Waals surface area contributed by atoms with E-state index in [0.717, 1.165) is 12.1 Å². The number of anilines is 2. The molecule has 2 unspecified atom stereocenters. The molecule has 0 fully saturated rings. The Morgan fingerprint density at radius 2 is 2.17 bits per heavy atom. The van der Waals surface area contributed by atoms with Crippen molar-refractivity contribution in [3.8, 4) is 0 Å². The van der Waals surface area contributed by atoms with Gasteiger partial charge in [-0.3, -0.25) is 4.21 Å². The fraction of sp³-hybridized carbons (Fsp3) is 0.455. The van der Waals surface area contributed by atoms with Gasteiger partial charge in [0.05, 0.1) is 11.4 Å². The van der Waals surface area contributed by atoms with Gasteiger partial charge in [-0.2, -0.15) is 0 Å². The van der Waals surface area contributed by atoms with Gasteiger partial charge in [-0.05, 0) is 28.9 Å². The average molecular weight is 268 g/mol. The molecule has 98 valence electrons. The maximum atomic E-state index is 11.2. The lowest BCUT2D eigenvalue weighted by atomic mass is 10.2. The number of benzene rings is 1. The van der Waals surface area contributed by atoms with Crippen LogP contribution in [-0.2, 0) is 10.8 Å². The third-order valence-corrected chi connectivity index (χ3v) is 4.25. The van der Waals surface area contributed by atoms with Crippen molar-refractivity contribution in [2.24, 2.45) is 0 Å². The Balaban J connectivity index is 2.06. The van der Waals surface area contributed by atoms with Crippen LogP contribution in [0.3, 0.4) is 0 Å². The van der Waals surface area contributed by atoms with Crippen LogP contribution < -0.4 is 11.1 Å². The molecule has 0 spiro atoms. The first-order valence-corrected chi connectivity index (χ1v) is 7.28. The highest BCUT2D eigenvalue weighted by Gasteiger charge is 2.10. The number of fused-ring (bicyclic) bond motifs is 1. The zero-order valence-corrected chi connectivity index (χ0v) is 11.2. The number of hydrogen-bond acceptors (Lipinski definition) is 6. The van der Waals surface area contributed by atoms with E-state index in [1.165, 1.54) is 0 Å². The molecule has 3 N–H and O–H groups in total. The summed E-state index contributed by atoms with van der Waals surface area (Å²) in [6.07, 6.45) is 2.54. The van der Waals surface area contributed by atoms with Gasteiger partial charge in [0.15, 0.2) is 11.0 Å². The summed E-state index contributed by atoms with van der Waals surface area (Å²) < 4.78 is 15.9. The SMILES string of the molecule is CC(CCNc1ccc(N)c2nonc12)S(C)=O. The molecule has 0 amide bonds. The Hall–Kier alpha value is -1.63. The maximum absolute atomic E-state index is 11.2. The van der Waals surface area contributed by atoms with Crippen LogP contribution in [0.4, 0.5) is 11.4 Å². The lowest BCUT2D eigenvalue weighted by Crippen LogP contribution is -2.15. The monoisotopic (exact) mass is 268 g/mol. The highest BCUT2D eigenvalue weighted by atomic mass is 32.2. The molecule has 2 aromatic rings. The van der Waals surface area contributed by atoms with Crippen LogP contribution in [0.25, 0.3) is 11.0 Å². The second-order valence-electron chi connectivity index (χ2n) is 4.19. The Morgan fingerprint density at radius 1 is 1.44 bits per heavy atom. The second kappa shape index (κ2) is 5.34. The molecule has 1 aromatic carbocycles. The number of nitrogens with two attached hydrogens (primary N) is 1. The van der Waals surface area contributed by atoms with Crippen molar-refractivity contribution in [1.82, 2.24) is 10.3 Å². The van der Waals surface area contributed by atoms with E-state index in [1.54, 1.807) is 12.3 Å². The first-order valence-electron chi connectivity index (χ1n) is 5.66. The van der Waals surface area contributed by atoms with Gasteiger partial charge in [0, 0.05) is 28.9 Å². The molecule has 0 radical (unpaired) electrons. The van der Waals surface area contributed by atoms with E-state index in [9.17, 15) is 4.21 Å². The van der Waals surface area contributed by atoms with Gasteiger partial charge in [0.25, 0.3) is 0 Å². The highest BCUT2D eigenvalue weighted by molar-refractivity contribution is 7.84. The fourth-order valence-electron chi connectivity index (χ4n) is 1.60. The lowest BCUT2D eigenvalue weighted by molar-refractivity contribution is 0.316. The van der Waals surface area contributed by atoms with E-state index in [2.05, 4.69) is 20.3 Å². The zero-order chi connectivity index (χ0) is 13.1. The molecule has 6 nitrogen and oxygen atoms in total. The first-order chi connectivity index (χ1) is 8.59. The molecule has 0 saturated carbocycles. The van der Waals surface area contributed by atoms with Crippen molar-refractivity contribution in [2.75, 3.05) is 23.9 Å². The van der Waals surface area contributed by atoms with Gasteiger partial charge in [0.1, 0.15) is 0 Å². The Bertz CT molecular complexity index is 569. The summed E-state index contributed by atoms with van der Waals surface area (Å²) in [4.78, 5) is 0. The minimum Gasteiger partial charge on any atom is -0.397 e. The van der Waals surface area contributed by atoms with Gasteiger partial charge in [-0.15, -0.1) is 0 Å². The summed E-state index contributed by atoms with van der Waals surface area (Å²) >= 11 is 0. The van der Waals surface area contributed by atoms with Gasteiger partial charge in [-0.25, -0.2) is 4.63 Å². The molecular weight excluding hydrogens is 252 g/mol. The third kappa shape index (κ3) is 2.61. The largest absolute Gasteiger partial charge is 0.397 e. The van der Waals surface area contributed by atoms with Crippen LogP contribution in [0.15, 0.2) is 16.8 Å². The molecule has 7 heteroatoms. The van der Waals surface area contributed by atoms with E-state index in [1.807, 2.05) is 13.0 Å². The lowest BCUT2D eigenvalue weighted by Gasteiger charge is -2.10. The molecule has 0 aliphatic heterocycles. The summed E-state index contributed by atoms with van der Waals surface area (Å²) in [7, 11) is -0.798. The smallest absolute Gasteiger partial charge is 0.160 e. The Labute approximate surface area is 107 Å². The van der Waals surface area contributed by atoms with Crippen molar-refractivity contribution >= 4 is 33.2 Å². The molecule has 1 heterocycles. The molecule has 0 saturated heterocycles. The molecule has 0 bridgehead atoms. The minimum atomic E-state index is -0.798. The molecular formula is C11H16N4O2S. The molecule has 18 heavy (non-hydrogen) atoms. The van der Waals surface area contributed by atoms with E-state index in [0.29, 0.717) is 23.3 Å². The minimum absolute atomic E-state index is 0.164. The topological polar surface area (TPSA) is 94.0 Å². The average Bonchev–Trinajstić information content (AvgIpc) is 2.81. The summed E-state index contributed by atoms with van der Waals surface area (Å²) in [5.74, 6) is 0. The summed E-state index contributed by atoms with van der Waals surface area (Å²) in [5.41, 5.74) is 8.31. The van der Waals surface area contributed by atoms with Crippen molar-refractivity contribution in [1.29, 1.82) is 0 Å². The van der Waals surface area contributed by atoms with Crippen molar-refractivity contribution in [2.45, 2.75) is 18.6 Å². The number of nitrogen functional groups attached to an aromatic ring is 1. The molecule has 2 rings (SSSR count). The van der Waals surface area contributed by atoms with E-state index in [4.69, 9.17) is 5.73 Å². The number of hydrogen-bond donors (Lipinski definition) is 2. The summed E-state index contributed by atoms with van der Waals surface area (Å²) in [6.45, 7) is 2.68. The van der Waals surface area contributed by atoms with Crippen LogP contribution in [-0.4, -0.2) is 32.6 Å². The highest BCUT2D eigenvalue weighted by Crippen LogP contribution is 2.25. The predicted molar refractivity (Wildman–Crippen MR) is 72.9 cm³/mol. The Kier molecular flexibility index (Phi) is 3.81. The Morgan fingerprint density at radius 3 is 2.89 bits per heavy atom. The van der Waals surface area contributed by atoms with E-state index < -0.39 is 10.8 Å². The normalized spacial score (nSPS) is 14.6. The standard InChI is InChI=1S/C11H16N4O2S/c1-7(18(2)16)5-6-13-9-4-3-8(12)10-11(9)15-17-14-10/h3-4,7,13H,5-6,12H2,1-2H3. The van der Waals surface area contributed by atoms with E-state index >= 15 is 0 Å². The van der Waals surface area contributed by atoms with Crippen molar-refractivity contribution in [3.05, 3.63) is 12.1 Å². The van der Waals surface area contributed by atoms with Gasteiger partial charge >= 0.3 is 0 Å². The van der Waals surface area contributed by atoms with Gasteiger partial charge in [-0.1, -0.05) is 6.92 Å². The van der Waals surface area contributed by atoms with Gasteiger partial charge < -0.3 is 11.1 Å². The van der Waals surface area contributed by atoms with Gasteiger partial charge in [0.2, 0.25) is 0 Å². The molecule has 0 aliphatic rings. The van der Waals surface area contributed by atoms with Crippen LogP contribution in [0.1, 0.15) is 13.3 Å². The fourth-order valence-corrected chi connectivity index (χ4v) is 2.05. The first kappa shape index (κ1) is 12.8. The number of nitrogens with one attached hydrogen (secondary N) is 1. The predicted octanol–water partition coefficient (Wildman–Crippen LogP) is 1.37. The zero-order valence-electron chi connectivity index (χ0n) is 10.3. The second-order valence-corrected chi connectivity index (χ2v) is 5.99. The van der Waals surface area contributed by atoms with Crippen LogP contribution >= 0.6 is 0 Å². The quantitative estimate of drug-likeness (QED) is 0.795. The van der Waals surface area contributed by atoms with E-state index in [-0.39, 0.29) is 5.25 Å². The van der Waals surface area contributed by atoms with Crippen LogP contribution in [0.5, 0.6) is 0 Å². The summed E-state index contributed by atoms with van der Waals surface area (Å²) in [5, 5.41) is 11.0. The number of aromatic nitrogens is 2. The van der Waals surface area contributed by atoms with Crippen LogP contribution in [0.2, 0.25) is 0 Å². The number of rotatable bonds is 5. The summed E-state index contributed by atoms with van der Waals surface area (Å²) in [6, 6.07) is 3.60. The van der Waals surface area contributed by atoms with Crippen LogP contribution in [0, 0.1) is 0 Å². The number of nitrogens with zero attached hydrogens (tertiary/aromatic N) is 2. The molecule has 1 aromatic heterocycles. The molecule has 0 aliphatic carbocycles. The molecule has 2 atom stereocenters. The van der Waals surface area contributed by atoms with Crippen molar-refractivity contribution in [3.63, 3.8) is 0 Å². The third-order valence-electron chi connectivity index (χ3n) is 2.88.